The van der Waals surface area contributed by atoms with Crippen molar-refractivity contribution in [3.63, 3.8) is 0 Å². The number of pyridine rings is 1. The van der Waals surface area contributed by atoms with Crippen molar-refractivity contribution in [1.29, 1.82) is 0 Å². The van der Waals surface area contributed by atoms with Gasteiger partial charge < -0.3 is 25.2 Å². The standard InChI is InChI=1S/C23H18ClFN4O4/c24-15-5-3-14(4-6-15)13-29-21(30)18(22(31)32)12-27-23(29)28-16-7-9-17(10-8-16)33-20-19(25)2-1-11-26-20/h1-12,21,30H,13H2,(H,27,28)(H,31,32). The maximum Gasteiger partial charge on any atom is 0.337 e. The Balaban J connectivity index is 1.54. The third-order valence-corrected chi connectivity index (χ3v) is 4.99. The molecule has 168 valence electrons. The molecule has 2 heterocycles. The lowest BCUT2D eigenvalue weighted by molar-refractivity contribution is -0.134. The molecule has 0 saturated heterocycles. The minimum absolute atomic E-state index is 0.140. The first-order valence-corrected chi connectivity index (χ1v) is 10.1. The second-order valence-electron chi connectivity index (χ2n) is 7.01. The third kappa shape index (κ3) is 5.28. The van der Waals surface area contributed by atoms with Crippen LogP contribution in [-0.4, -0.2) is 38.3 Å². The Morgan fingerprint density at radius 3 is 2.55 bits per heavy atom. The van der Waals surface area contributed by atoms with Crippen molar-refractivity contribution in [3.8, 4) is 11.6 Å². The number of aliphatic hydroxyl groups is 1. The highest BCUT2D eigenvalue weighted by atomic mass is 35.5. The van der Waals surface area contributed by atoms with E-state index >= 15 is 0 Å². The zero-order valence-corrected chi connectivity index (χ0v) is 17.8. The van der Waals surface area contributed by atoms with E-state index in [0.717, 1.165) is 11.8 Å². The SMILES string of the molecule is O=C(O)C1=CN=C(Nc2ccc(Oc3ncccc3F)cc2)N(Cc2ccc(Cl)cc2)C1O. The van der Waals surface area contributed by atoms with Crippen molar-refractivity contribution in [1.82, 2.24) is 9.88 Å². The number of rotatable bonds is 6. The van der Waals surface area contributed by atoms with Gasteiger partial charge in [0.25, 0.3) is 5.88 Å². The monoisotopic (exact) mass is 468 g/mol. The summed E-state index contributed by atoms with van der Waals surface area (Å²) in [6, 6.07) is 16.2. The van der Waals surface area contributed by atoms with Gasteiger partial charge in [-0.15, -0.1) is 0 Å². The maximum atomic E-state index is 13.7. The van der Waals surface area contributed by atoms with Crippen LogP contribution < -0.4 is 10.1 Å². The zero-order chi connectivity index (χ0) is 23.4. The second-order valence-corrected chi connectivity index (χ2v) is 7.45. The van der Waals surface area contributed by atoms with E-state index in [-0.39, 0.29) is 24.0 Å². The van der Waals surface area contributed by atoms with Gasteiger partial charge in [0.2, 0.25) is 5.96 Å². The van der Waals surface area contributed by atoms with Gasteiger partial charge in [-0.25, -0.2) is 19.2 Å². The number of aromatic nitrogens is 1. The van der Waals surface area contributed by atoms with Crippen molar-refractivity contribution in [3.05, 3.63) is 95.0 Å². The fraction of sp³-hybridized carbons (Fsp3) is 0.0870. The molecule has 1 unspecified atom stereocenters. The number of nitrogens with one attached hydrogen (secondary N) is 1. The number of aliphatic imine (C=N–C) groups is 1. The number of carboxylic acid groups (broad SMARTS) is 1. The van der Waals surface area contributed by atoms with E-state index in [1.165, 1.54) is 23.2 Å². The molecule has 0 radical (unpaired) electrons. The van der Waals surface area contributed by atoms with Crippen molar-refractivity contribution >= 4 is 29.2 Å². The van der Waals surface area contributed by atoms with Crippen LogP contribution in [0.5, 0.6) is 11.6 Å². The van der Waals surface area contributed by atoms with Crippen LogP contribution in [0.3, 0.4) is 0 Å². The molecule has 3 N–H and O–H groups in total. The fourth-order valence-electron chi connectivity index (χ4n) is 3.07. The smallest absolute Gasteiger partial charge is 0.337 e. The van der Waals surface area contributed by atoms with Gasteiger partial charge in [-0.3, -0.25) is 0 Å². The highest BCUT2D eigenvalue weighted by molar-refractivity contribution is 6.30. The largest absolute Gasteiger partial charge is 0.478 e. The van der Waals surface area contributed by atoms with Gasteiger partial charge in [0.1, 0.15) is 11.3 Å². The molecular formula is C23H18ClFN4O4. The quantitative estimate of drug-likeness (QED) is 0.496. The summed E-state index contributed by atoms with van der Waals surface area (Å²) in [7, 11) is 0. The lowest BCUT2D eigenvalue weighted by Gasteiger charge is -2.33. The van der Waals surface area contributed by atoms with Crippen molar-refractivity contribution in [2.75, 3.05) is 5.32 Å². The number of carbonyl (C=O) groups is 1. The molecular weight excluding hydrogens is 451 g/mol. The molecule has 0 fully saturated rings. The summed E-state index contributed by atoms with van der Waals surface area (Å²) in [4.78, 5) is 20.9. The Morgan fingerprint density at radius 2 is 1.88 bits per heavy atom. The fourth-order valence-corrected chi connectivity index (χ4v) is 3.19. The first-order chi connectivity index (χ1) is 15.9. The van der Waals surface area contributed by atoms with Gasteiger partial charge in [-0.05, 0) is 54.1 Å². The van der Waals surface area contributed by atoms with E-state index in [9.17, 15) is 19.4 Å². The number of hydrogen-bond acceptors (Lipinski definition) is 7. The second kappa shape index (κ2) is 9.68. The summed E-state index contributed by atoms with van der Waals surface area (Å²) in [5, 5.41) is 23.7. The van der Waals surface area contributed by atoms with Crippen molar-refractivity contribution in [2.45, 2.75) is 12.8 Å². The molecule has 1 atom stereocenters. The molecule has 1 aliphatic heterocycles. The van der Waals surface area contributed by atoms with Gasteiger partial charge in [0, 0.05) is 29.7 Å². The van der Waals surface area contributed by atoms with Crippen LogP contribution in [-0.2, 0) is 11.3 Å². The lowest BCUT2D eigenvalue weighted by Crippen LogP contribution is -2.47. The molecule has 4 rings (SSSR count). The highest BCUT2D eigenvalue weighted by Crippen LogP contribution is 2.25. The summed E-state index contributed by atoms with van der Waals surface area (Å²) >= 11 is 5.94. The van der Waals surface area contributed by atoms with Crippen LogP contribution in [0.15, 0.2) is 83.6 Å². The topological polar surface area (TPSA) is 107 Å². The number of aliphatic hydroxyl groups excluding tert-OH is 1. The third-order valence-electron chi connectivity index (χ3n) is 4.73. The summed E-state index contributed by atoms with van der Waals surface area (Å²) in [6.45, 7) is 0.176. The maximum absolute atomic E-state index is 13.7. The molecule has 0 spiro atoms. The molecule has 10 heteroatoms. The van der Waals surface area contributed by atoms with Crippen molar-refractivity contribution in [2.24, 2.45) is 4.99 Å². The van der Waals surface area contributed by atoms with Gasteiger partial charge in [0.05, 0.1) is 0 Å². The number of anilines is 1. The van der Waals surface area contributed by atoms with Crippen LogP contribution >= 0.6 is 11.6 Å². The number of halogens is 2. The summed E-state index contributed by atoms with van der Waals surface area (Å²) in [5.74, 6) is -1.38. The van der Waals surface area contributed by atoms with Gasteiger partial charge >= 0.3 is 5.97 Å². The Bertz CT molecular complexity index is 1220. The van der Waals surface area contributed by atoms with Crippen LogP contribution in [0.4, 0.5) is 10.1 Å². The van der Waals surface area contributed by atoms with E-state index < -0.39 is 18.0 Å². The van der Waals surface area contributed by atoms with E-state index in [1.807, 2.05) is 0 Å². The van der Waals surface area contributed by atoms with Gasteiger partial charge in [-0.2, -0.15) is 0 Å². The average molecular weight is 469 g/mol. The average Bonchev–Trinajstić information content (AvgIpc) is 2.80. The minimum atomic E-state index is -1.42. The molecule has 1 aliphatic rings. The molecule has 8 nitrogen and oxygen atoms in total. The summed E-state index contributed by atoms with van der Waals surface area (Å²) in [5.41, 5.74) is 1.12. The number of nitrogens with zero attached hydrogens (tertiary/aromatic N) is 3. The number of hydrogen-bond donors (Lipinski definition) is 3. The minimum Gasteiger partial charge on any atom is -0.478 e. The molecule has 3 aromatic rings. The summed E-state index contributed by atoms with van der Waals surface area (Å²) in [6.07, 6.45) is 1.11. The predicted octanol–water partition coefficient (Wildman–Crippen LogP) is 4.24. The number of ether oxygens (including phenoxy) is 1. The highest BCUT2D eigenvalue weighted by Gasteiger charge is 2.31. The first kappa shape index (κ1) is 22.3. The molecule has 0 amide bonds. The van der Waals surface area contributed by atoms with E-state index in [0.29, 0.717) is 16.5 Å². The van der Waals surface area contributed by atoms with Crippen LogP contribution in [0.25, 0.3) is 0 Å². The van der Waals surface area contributed by atoms with E-state index in [4.69, 9.17) is 16.3 Å². The Morgan fingerprint density at radius 1 is 1.15 bits per heavy atom. The number of aliphatic carboxylic acids is 1. The van der Waals surface area contributed by atoms with Crippen LogP contribution in [0.1, 0.15) is 5.56 Å². The van der Waals surface area contributed by atoms with Crippen molar-refractivity contribution < 1.29 is 24.1 Å². The number of benzene rings is 2. The first-order valence-electron chi connectivity index (χ1n) is 9.76. The molecule has 2 aromatic carbocycles. The van der Waals surface area contributed by atoms with E-state index in [1.54, 1.807) is 48.5 Å². The summed E-state index contributed by atoms with van der Waals surface area (Å²) < 4.78 is 19.2. The van der Waals surface area contributed by atoms with Gasteiger partial charge in [0.15, 0.2) is 12.0 Å². The molecule has 0 aliphatic carbocycles. The zero-order valence-electron chi connectivity index (χ0n) is 17.0. The Labute approximate surface area is 193 Å². The Kier molecular flexibility index (Phi) is 6.53. The molecule has 0 bridgehead atoms. The van der Waals surface area contributed by atoms with Gasteiger partial charge in [-0.1, -0.05) is 23.7 Å². The van der Waals surface area contributed by atoms with E-state index in [2.05, 4.69) is 15.3 Å². The van der Waals surface area contributed by atoms with Crippen LogP contribution in [0, 0.1) is 5.82 Å². The normalized spacial score (nSPS) is 15.5. The van der Waals surface area contributed by atoms with Crippen LogP contribution in [0.2, 0.25) is 5.02 Å². The Hall–Kier alpha value is -3.95. The molecule has 0 saturated carbocycles. The molecule has 33 heavy (non-hydrogen) atoms. The lowest BCUT2D eigenvalue weighted by atomic mass is 10.1. The molecule has 1 aromatic heterocycles. The predicted molar refractivity (Wildman–Crippen MR) is 120 cm³/mol. The number of guanidine groups is 1. The number of carboxylic acids is 1.